The minimum atomic E-state index is -0.954. The molecule has 0 aliphatic rings. The average Bonchev–Trinajstić information content (AvgIpc) is 3.31. The molecule has 8 heteroatoms. The van der Waals surface area contributed by atoms with Gasteiger partial charge < -0.3 is 19.9 Å². The van der Waals surface area contributed by atoms with Crippen LogP contribution in [0.25, 0.3) is 11.1 Å². The second-order valence-electron chi connectivity index (χ2n) is 7.35. The molecule has 0 radical (unpaired) electrons. The molecule has 6 nitrogen and oxygen atoms in total. The third-order valence-electron chi connectivity index (χ3n) is 4.76. The van der Waals surface area contributed by atoms with Gasteiger partial charge in [-0.25, -0.2) is 4.79 Å². The van der Waals surface area contributed by atoms with E-state index in [1.807, 2.05) is 32.0 Å². The van der Waals surface area contributed by atoms with Crippen LogP contribution in [-0.2, 0) is 6.54 Å². The van der Waals surface area contributed by atoms with Gasteiger partial charge in [0.25, 0.3) is 5.91 Å². The van der Waals surface area contributed by atoms with Gasteiger partial charge in [-0.15, -0.1) is 11.3 Å². The second-order valence-corrected chi connectivity index (χ2v) is 8.67. The Hall–Kier alpha value is -3.03. The van der Waals surface area contributed by atoms with E-state index >= 15 is 0 Å². The molecule has 174 valence electrons. The summed E-state index contributed by atoms with van der Waals surface area (Å²) in [6.45, 7) is 5.39. The van der Waals surface area contributed by atoms with Crippen LogP contribution in [0.5, 0.6) is 11.5 Å². The van der Waals surface area contributed by atoms with Crippen molar-refractivity contribution in [2.75, 3.05) is 13.2 Å². The number of rotatable bonds is 11. The number of nitrogens with one attached hydrogen (secondary N) is 1. The molecule has 0 atom stereocenters. The van der Waals surface area contributed by atoms with Crippen molar-refractivity contribution < 1.29 is 24.2 Å². The highest BCUT2D eigenvalue weighted by molar-refractivity contribution is 7.12. The summed E-state index contributed by atoms with van der Waals surface area (Å²) in [7, 11) is 0. The number of thiophene rings is 1. The number of carboxylic acid groups (broad SMARTS) is 1. The summed E-state index contributed by atoms with van der Waals surface area (Å²) in [5.74, 6) is 0.0315. The van der Waals surface area contributed by atoms with Crippen LogP contribution in [-0.4, -0.2) is 30.2 Å². The maximum absolute atomic E-state index is 12.8. The zero-order valence-corrected chi connectivity index (χ0v) is 20.1. The van der Waals surface area contributed by atoms with E-state index in [-0.39, 0.29) is 17.3 Å². The molecule has 33 heavy (non-hydrogen) atoms. The van der Waals surface area contributed by atoms with Gasteiger partial charge in [0.2, 0.25) is 0 Å². The first-order chi connectivity index (χ1) is 15.9. The normalized spacial score (nSPS) is 10.6. The summed E-state index contributed by atoms with van der Waals surface area (Å²) >= 11 is 7.48. The van der Waals surface area contributed by atoms with Crippen LogP contribution in [0.1, 0.15) is 52.3 Å². The summed E-state index contributed by atoms with van der Waals surface area (Å²) < 4.78 is 11.4. The SMILES string of the molecule is CCCOc1ccc(C(=O)NCc2cc(-c3csc(C(=O)O)c3)ccc2OCCC)c(Cl)c1. The number of hydrogen-bond acceptors (Lipinski definition) is 5. The number of aromatic carboxylic acids is 1. The van der Waals surface area contributed by atoms with Gasteiger partial charge in [-0.1, -0.05) is 31.5 Å². The van der Waals surface area contributed by atoms with Crippen molar-refractivity contribution in [1.82, 2.24) is 5.32 Å². The first-order valence-electron chi connectivity index (χ1n) is 10.7. The molecule has 2 N–H and O–H groups in total. The molecule has 0 spiro atoms. The van der Waals surface area contributed by atoms with Crippen molar-refractivity contribution in [2.45, 2.75) is 33.2 Å². The van der Waals surface area contributed by atoms with Gasteiger partial charge in [-0.05, 0) is 65.7 Å². The molecule has 3 aromatic rings. The summed E-state index contributed by atoms with van der Waals surface area (Å²) in [6, 6.07) is 12.3. The second kappa shape index (κ2) is 11.7. The molecule has 0 fully saturated rings. The number of carboxylic acids is 1. The van der Waals surface area contributed by atoms with Gasteiger partial charge >= 0.3 is 5.97 Å². The molecule has 0 bridgehead atoms. The van der Waals surface area contributed by atoms with Crippen LogP contribution < -0.4 is 14.8 Å². The summed E-state index contributed by atoms with van der Waals surface area (Å²) in [5, 5.41) is 14.2. The van der Waals surface area contributed by atoms with E-state index in [2.05, 4.69) is 5.32 Å². The predicted molar refractivity (Wildman–Crippen MR) is 131 cm³/mol. The van der Waals surface area contributed by atoms with Crippen LogP contribution >= 0.6 is 22.9 Å². The molecule has 1 amide bonds. The predicted octanol–water partition coefficient (Wildman–Crippen LogP) is 6.27. The quantitative estimate of drug-likeness (QED) is 0.332. The Labute approximate surface area is 202 Å². The monoisotopic (exact) mass is 487 g/mol. The van der Waals surface area contributed by atoms with Crippen molar-refractivity contribution in [3.63, 3.8) is 0 Å². The number of amides is 1. The lowest BCUT2D eigenvalue weighted by Crippen LogP contribution is -2.23. The number of carbonyl (C=O) groups is 2. The van der Waals surface area contributed by atoms with E-state index < -0.39 is 5.97 Å². The standard InChI is InChI=1S/C25H26ClNO5S/c1-3-9-31-19-6-7-20(21(26)13-19)24(28)27-14-17-11-16(5-8-22(17)32-10-4-2)18-12-23(25(29)30)33-15-18/h5-8,11-13,15H,3-4,9-10,14H2,1-2H3,(H,27,28)(H,29,30). The summed E-state index contributed by atoms with van der Waals surface area (Å²) in [4.78, 5) is 24.3. The number of carbonyl (C=O) groups excluding carboxylic acids is 1. The Morgan fingerprint density at radius 1 is 1.00 bits per heavy atom. The van der Waals surface area contributed by atoms with Crippen molar-refractivity contribution in [2.24, 2.45) is 0 Å². The Kier molecular flexibility index (Phi) is 8.74. The maximum atomic E-state index is 12.8. The highest BCUT2D eigenvalue weighted by Gasteiger charge is 2.15. The molecular weight excluding hydrogens is 462 g/mol. The molecule has 0 aliphatic carbocycles. The van der Waals surface area contributed by atoms with E-state index in [0.717, 1.165) is 29.5 Å². The molecule has 1 aromatic heterocycles. The van der Waals surface area contributed by atoms with Crippen LogP contribution in [0, 0.1) is 0 Å². The minimum absolute atomic E-state index is 0.228. The number of hydrogen-bond donors (Lipinski definition) is 2. The fraction of sp³-hybridized carbons (Fsp3) is 0.280. The van der Waals surface area contributed by atoms with Gasteiger partial charge in [0.1, 0.15) is 16.4 Å². The van der Waals surface area contributed by atoms with E-state index in [4.69, 9.17) is 21.1 Å². The highest BCUT2D eigenvalue weighted by Crippen LogP contribution is 2.30. The van der Waals surface area contributed by atoms with Crippen LogP contribution in [0.15, 0.2) is 47.8 Å². The van der Waals surface area contributed by atoms with E-state index in [1.54, 1.807) is 29.6 Å². The van der Waals surface area contributed by atoms with E-state index in [0.29, 0.717) is 35.3 Å². The van der Waals surface area contributed by atoms with Gasteiger partial charge in [-0.3, -0.25) is 4.79 Å². The van der Waals surface area contributed by atoms with Gasteiger partial charge in [-0.2, -0.15) is 0 Å². The molecular formula is C25H26ClNO5S. The third-order valence-corrected chi connectivity index (χ3v) is 5.99. The first-order valence-corrected chi connectivity index (χ1v) is 12.0. The average molecular weight is 488 g/mol. The molecule has 3 rings (SSSR count). The van der Waals surface area contributed by atoms with Crippen LogP contribution in [0.4, 0.5) is 0 Å². The van der Waals surface area contributed by atoms with Crippen molar-refractivity contribution in [1.29, 1.82) is 0 Å². The smallest absolute Gasteiger partial charge is 0.345 e. The van der Waals surface area contributed by atoms with Gasteiger partial charge in [0.05, 0.1) is 23.8 Å². The van der Waals surface area contributed by atoms with Crippen molar-refractivity contribution in [3.05, 3.63) is 68.9 Å². The lowest BCUT2D eigenvalue weighted by Gasteiger charge is -2.14. The zero-order chi connectivity index (χ0) is 23.8. The number of halogens is 1. The van der Waals surface area contributed by atoms with E-state index in [1.165, 1.54) is 11.3 Å². The Morgan fingerprint density at radius 3 is 2.42 bits per heavy atom. The molecule has 2 aromatic carbocycles. The first kappa shape index (κ1) is 24.6. The van der Waals surface area contributed by atoms with Crippen molar-refractivity contribution >= 4 is 34.8 Å². The molecule has 1 heterocycles. The Balaban J connectivity index is 1.78. The number of ether oxygens (including phenoxy) is 2. The van der Waals surface area contributed by atoms with Gasteiger partial charge in [0, 0.05) is 12.1 Å². The third kappa shape index (κ3) is 6.49. The molecule has 0 unspecified atom stereocenters. The minimum Gasteiger partial charge on any atom is -0.494 e. The molecule has 0 saturated heterocycles. The largest absolute Gasteiger partial charge is 0.494 e. The maximum Gasteiger partial charge on any atom is 0.345 e. The fourth-order valence-electron chi connectivity index (χ4n) is 3.11. The highest BCUT2D eigenvalue weighted by atomic mass is 35.5. The Morgan fingerprint density at radius 2 is 1.76 bits per heavy atom. The zero-order valence-electron chi connectivity index (χ0n) is 18.5. The fourth-order valence-corrected chi connectivity index (χ4v) is 4.12. The van der Waals surface area contributed by atoms with Gasteiger partial charge in [0.15, 0.2) is 0 Å². The number of benzene rings is 2. The van der Waals surface area contributed by atoms with E-state index in [9.17, 15) is 14.7 Å². The molecule has 0 saturated carbocycles. The molecule has 0 aliphatic heterocycles. The van der Waals surface area contributed by atoms with Crippen molar-refractivity contribution in [3.8, 4) is 22.6 Å². The summed E-state index contributed by atoms with van der Waals surface area (Å²) in [5.41, 5.74) is 2.80. The topological polar surface area (TPSA) is 84.9 Å². The summed E-state index contributed by atoms with van der Waals surface area (Å²) in [6.07, 6.45) is 1.73. The van der Waals surface area contributed by atoms with Crippen LogP contribution in [0.2, 0.25) is 5.02 Å². The Bertz CT molecular complexity index is 1130. The van der Waals surface area contributed by atoms with Crippen LogP contribution in [0.3, 0.4) is 0 Å². The lowest BCUT2D eigenvalue weighted by atomic mass is 10.0. The lowest BCUT2D eigenvalue weighted by molar-refractivity contribution is 0.0702.